The van der Waals surface area contributed by atoms with Crippen molar-refractivity contribution in [3.8, 4) is 0 Å². The van der Waals surface area contributed by atoms with Crippen LogP contribution in [-0.2, 0) is 4.74 Å². The van der Waals surface area contributed by atoms with Crippen molar-refractivity contribution in [2.24, 2.45) is 0 Å². The van der Waals surface area contributed by atoms with Crippen molar-refractivity contribution in [1.82, 2.24) is 0 Å². The zero-order valence-corrected chi connectivity index (χ0v) is 6.29. The van der Waals surface area contributed by atoms with Gasteiger partial charge in [-0.15, -0.1) is 11.6 Å². The molecule has 0 aromatic heterocycles. The molecular weight excluding hydrogens is 156 g/mol. The molecule has 0 saturated carbocycles. The summed E-state index contributed by atoms with van der Waals surface area (Å²) in [5.41, 5.74) is 0. The maximum absolute atomic E-state index is 8.94. The number of hydrogen-bond donors (Lipinski definition) is 2. The largest absolute Gasteiger partial charge is 0.394 e. The fourth-order valence-corrected chi connectivity index (χ4v) is 1.27. The summed E-state index contributed by atoms with van der Waals surface area (Å²) in [4.78, 5) is 0. The number of aliphatic hydroxyl groups excluding tert-OH is 2. The average molecular weight is 167 g/mol. The Labute approximate surface area is 64.6 Å². The number of hydrogen-bond acceptors (Lipinski definition) is 3. The Hall–Kier alpha value is 0.170. The lowest BCUT2D eigenvalue weighted by molar-refractivity contribution is -0.170. The van der Waals surface area contributed by atoms with Crippen LogP contribution in [0, 0.1) is 0 Å². The highest BCUT2D eigenvalue weighted by Crippen LogP contribution is 2.21. The third kappa shape index (κ3) is 1.83. The normalized spacial score (nSPS) is 41.7. The van der Waals surface area contributed by atoms with Gasteiger partial charge in [0, 0.05) is 0 Å². The van der Waals surface area contributed by atoms with E-state index in [0.717, 1.165) is 0 Å². The molecule has 60 valence electrons. The molecule has 1 rings (SSSR count). The van der Waals surface area contributed by atoms with E-state index in [1.54, 1.807) is 0 Å². The van der Waals surface area contributed by atoms with Gasteiger partial charge in [-0.2, -0.15) is 0 Å². The first-order chi connectivity index (χ1) is 4.74. The molecule has 0 amide bonds. The molecule has 0 aliphatic carbocycles. The molecule has 10 heavy (non-hydrogen) atoms. The van der Waals surface area contributed by atoms with E-state index in [-0.39, 0.29) is 12.0 Å². The number of ether oxygens (including phenoxy) is 1. The van der Waals surface area contributed by atoms with Gasteiger partial charge in [-0.25, -0.2) is 0 Å². The predicted octanol–water partition coefficient (Wildman–Crippen LogP) is 0.0835. The van der Waals surface area contributed by atoms with Gasteiger partial charge in [0.05, 0.1) is 18.1 Å². The third-order valence-corrected chi connectivity index (χ3v) is 2.10. The molecule has 0 unspecified atom stereocenters. The quantitative estimate of drug-likeness (QED) is 0.543. The minimum atomic E-state index is -0.743. The van der Waals surface area contributed by atoms with Crippen LogP contribution in [0.2, 0.25) is 0 Å². The second kappa shape index (κ2) is 3.53. The number of aliphatic hydroxyl groups is 2. The first-order valence-electron chi connectivity index (χ1n) is 3.32. The molecular formula is C6H11ClO3. The Morgan fingerprint density at radius 2 is 2.20 bits per heavy atom. The van der Waals surface area contributed by atoms with E-state index in [1.165, 1.54) is 0 Å². The SMILES string of the molecule is OC[C@H]1O[C@@H](O)CC[C@H]1Cl. The highest BCUT2D eigenvalue weighted by molar-refractivity contribution is 6.21. The van der Waals surface area contributed by atoms with Crippen molar-refractivity contribution in [3.05, 3.63) is 0 Å². The van der Waals surface area contributed by atoms with Crippen molar-refractivity contribution in [3.63, 3.8) is 0 Å². The van der Waals surface area contributed by atoms with E-state index < -0.39 is 12.4 Å². The minimum Gasteiger partial charge on any atom is -0.394 e. The lowest BCUT2D eigenvalue weighted by atomic mass is 10.1. The second-order valence-electron chi connectivity index (χ2n) is 2.41. The summed E-state index contributed by atoms with van der Waals surface area (Å²) in [7, 11) is 0. The van der Waals surface area contributed by atoms with Crippen LogP contribution in [0.15, 0.2) is 0 Å². The molecule has 3 atom stereocenters. The summed E-state index contributed by atoms with van der Waals surface area (Å²) >= 11 is 5.75. The molecule has 3 nitrogen and oxygen atoms in total. The van der Waals surface area contributed by atoms with Crippen LogP contribution in [0.5, 0.6) is 0 Å². The smallest absolute Gasteiger partial charge is 0.155 e. The fraction of sp³-hybridized carbons (Fsp3) is 1.00. The van der Waals surface area contributed by atoms with Crippen molar-refractivity contribution >= 4 is 11.6 Å². The topological polar surface area (TPSA) is 49.7 Å². The fourth-order valence-electron chi connectivity index (χ4n) is 1.00. The molecule has 1 aliphatic rings. The van der Waals surface area contributed by atoms with E-state index in [0.29, 0.717) is 12.8 Å². The van der Waals surface area contributed by atoms with Crippen molar-refractivity contribution < 1.29 is 14.9 Å². The van der Waals surface area contributed by atoms with Crippen LogP contribution in [0.3, 0.4) is 0 Å². The Balaban J connectivity index is 2.38. The molecule has 1 aliphatic heterocycles. The van der Waals surface area contributed by atoms with Crippen LogP contribution in [-0.4, -0.2) is 34.6 Å². The van der Waals surface area contributed by atoms with Gasteiger partial charge in [-0.1, -0.05) is 0 Å². The van der Waals surface area contributed by atoms with Crippen LogP contribution in [0.25, 0.3) is 0 Å². The molecule has 1 saturated heterocycles. The Morgan fingerprint density at radius 1 is 1.50 bits per heavy atom. The lowest BCUT2D eigenvalue weighted by Gasteiger charge is -2.29. The summed E-state index contributed by atoms with van der Waals surface area (Å²) in [6.45, 7) is -0.120. The summed E-state index contributed by atoms with van der Waals surface area (Å²) < 4.78 is 4.92. The second-order valence-corrected chi connectivity index (χ2v) is 2.97. The summed E-state index contributed by atoms with van der Waals surface area (Å²) in [5.74, 6) is 0. The maximum Gasteiger partial charge on any atom is 0.155 e. The van der Waals surface area contributed by atoms with Crippen LogP contribution in [0.1, 0.15) is 12.8 Å². The first-order valence-corrected chi connectivity index (χ1v) is 3.76. The molecule has 1 heterocycles. The van der Waals surface area contributed by atoms with E-state index >= 15 is 0 Å². The molecule has 0 aromatic rings. The van der Waals surface area contributed by atoms with Gasteiger partial charge < -0.3 is 14.9 Å². The Morgan fingerprint density at radius 3 is 2.70 bits per heavy atom. The van der Waals surface area contributed by atoms with Gasteiger partial charge in [-0.3, -0.25) is 0 Å². The monoisotopic (exact) mass is 166 g/mol. The highest BCUT2D eigenvalue weighted by Gasteiger charge is 2.27. The zero-order valence-electron chi connectivity index (χ0n) is 5.53. The van der Waals surface area contributed by atoms with E-state index in [9.17, 15) is 0 Å². The Kier molecular flexibility index (Phi) is 2.92. The van der Waals surface area contributed by atoms with Gasteiger partial charge in [0.15, 0.2) is 6.29 Å². The zero-order chi connectivity index (χ0) is 7.56. The van der Waals surface area contributed by atoms with E-state index in [1.807, 2.05) is 0 Å². The number of halogens is 1. The van der Waals surface area contributed by atoms with Crippen LogP contribution >= 0.6 is 11.6 Å². The summed E-state index contributed by atoms with van der Waals surface area (Å²) in [6.07, 6.45) is 0.121. The molecule has 0 radical (unpaired) electrons. The van der Waals surface area contributed by atoms with Crippen molar-refractivity contribution in [1.29, 1.82) is 0 Å². The summed E-state index contributed by atoms with van der Waals surface area (Å²) in [6, 6.07) is 0. The van der Waals surface area contributed by atoms with Crippen LogP contribution < -0.4 is 0 Å². The minimum absolute atomic E-state index is 0.120. The lowest BCUT2D eigenvalue weighted by Crippen LogP contribution is -2.38. The van der Waals surface area contributed by atoms with Gasteiger partial charge in [0.1, 0.15) is 0 Å². The van der Waals surface area contributed by atoms with Gasteiger partial charge >= 0.3 is 0 Å². The van der Waals surface area contributed by atoms with Crippen LogP contribution in [0.4, 0.5) is 0 Å². The molecule has 4 heteroatoms. The molecule has 0 aromatic carbocycles. The molecule has 0 bridgehead atoms. The summed E-state index contributed by atoms with van der Waals surface area (Å²) in [5, 5.41) is 17.4. The maximum atomic E-state index is 8.94. The van der Waals surface area contributed by atoms with E-state index in [2.05, 4.69) is 0 Å². The predicted molar refractivity (Wildman–Crippen MR) is 36.8 cm³/mol. The highest BCUT2D eigenvalue weighted by atomic mass is 35.5. The van der Waals surface area contributed by atoms with Crippen molar-refractivity contribution in [2.75, 3.05) is 6.61 Å². The Bertz CT molecular complexity index is 109. The van der Waals surface area contributed by atoms with Crippen molar-refractivity contribution in [2.45, 2.75) is 30.6 Å². The third-order valence-electron chi connectivity index (χ3n) is 1.60. The number of alkyl halides is 1. The number of rotatable bonds is 1. The van der Waals surface area contributed by atoms with Gasteiger partial charge in [0.25, 0.3) is 0 Å². The first kappa shape index (κ1) is 8.27. The standard InChI is InChI=1S/C6H11ClO3/c7-4-1-2-6(9)10-5(4)3-8/h4-6,8-9H,1-3H2/t4-,5-,6-/m1/s1. The molecule has 1 fully saturated rings. The molecule has 2 N–H and O–H groups in total. The average Bonchev–Trinajstić information content (AvgIpc) is 1.94. The van der Waals surface area contributed by atoms with Gasteiger partial charge in [0.2, 0.25) is 0 Å². The van der Waals surface area contributed by atoms with Gasteiger partial charge in [-0.05, 0) is 12.8 Å². The molecule has 0 spiro atoms. The van der Waals surface area contributed by atoms with E-state index in [4.69, 9.17) is 26.6 Å².